The van der Waals surface area contributed by atoms with E-state index in [1.54, 1.807) is 18.9 Å². The van der Waals surface area contributed by atoms with Crippen LogP contribution in [-0.4, -0.2) is 19.3 Å². The SMILES string of the molecule is COc1ccc(C)cc1[C@@H](C)NC(=O)c1ccc(SC)cc1. The standard InChI is InChI=1S/C18H21NO2S/c1-12-5-10-17(21-3)16(11-12)13(2)19-18(20)14-6-8-15(22-4)9-7-14/h5-11,13H,1-4H3,(H,19,20)/t13-/m1/s1. The Balaban J connectivity index is 2.15. The minimum atomic E-state index is -0.123. The Hall–Kier alpha value is -1.94. The van der Waals surface area contributed by atoms with Crippen molar-refractivity contribution in [2.75, 3.05) is 13.4 Å². The summed E-state index contributed by atoms with van der Waals surface area (Å²) in [7, 11) is 1.64. The fraction of sp³-hybridized carbons (Fsp3) is 0.278. The van der Waals surface area contributed by atoms with Gasteiger partial charge >= 0.3 is 0 Å². The lowest BCUT2D eigenvalue weighted by Gasteiger charge is -2.18. The van der Waals surface area contributed by atoms with E-state index in [0.29, 0.717) is 5.56 Å². The van der Waals surface area contributed by atoms with E-state index < -0.39 is 0 Å². The molecule has 0 saturated heterocycles. The molecule has 0 aliphatic rings. The first-order chi connectivity index (χ1) is 10.5. The topological polar surface area (TPSA) is 38.3 Å². The van der Waals surface area contributed by atoms with Crippen molar-refractivity contribution in [2.24, 2.45) is 0 Å². The van der Waals surface area contributed by atoms with E-state index in [2.05, 4.69) is 5.32 Å². The predicted molar refractivity (Wildman–Crippen MR) is 91.8 cm³/mol. The highest BCUT2D eigenvalue weighted by Crippen LogP contribution is 2.26. The molecular weight excluding hydrogens is 294 g/mol. The predicted octanol–water partition coefficient (Wildman–Crippen LogP) is 4.22. The van der Waals surface area contributed by atoms with Gasteiger partial charge in [-0.15, -0.1) is 11.8 Å². The van der Waals surface area contributed by atoms with E-state index in [0.717, 1.165) is 21.8 Å². The van der Waals surface area contributed by atoms with Crippen molar-refractivity contribution >= 4 is 17.7 Å². The molecule has 3 nitrogen and oxygen atoms in total. The van der Waals surface area contributed by atoms with E-state index in [-0.39, 0.29) is 11.9 Å². The van der Waals surface area contributed by atoms with E-state index in [9.17, 15) is 4.79 Å². The molecule has 1 amide bonds. The normalized spacial score (nSPS) is 11.8. The van der Waals surface area contributed by atoms with Crippen LogP contribution in [0.15, 0.2) is 47.4 Å². The minimum absolute atomic E-state index is 0.0799. The molecule has 0 unspecified atom stereocenters. The maximum atomic E-state index is 12.4. The van der Waals surface area contributed by atoms with E-state index >= 15 is 0 Å². The Bertz CT molecular complexity index is 653. The van der Waals surface area contributed by atoms with E-state index in [4.69, 9.17) is 4.74 Å². The number of hydrogen-bond acceptors (Lipinski definition) is 3. The number of amides is 1. The first-order valence-electron chi connectivity index (χ1n) is 7.14. The van der Waals surface area contributed by atoms with Crippen molar-refractivity contribution in [2.45, 2.75) is 24.8 Å². The molecule has 0 radical (unpaired) electrons. The molecule has 1 atom stereocenters. The van der Waals surface area contributed by atoms with Crippen LogP contribution < -0.4 is 10.1 Å². The van der Waals surface area contributed by atoms with Gasteiger partial charge < -0.3 is 10.1 Å². The maximum Gasteiger partial charge on any atom is 0.251 e. The molecular formula is C18H21NO2S. The Morgan fingerprint density at radius 2 is 1.86 bits per heavy atom. The smallest absolute Gasteiger partial charge is 0.251 e. The summed E-state index contributed by atoms with van der Waals surface area (Å²) in [6.07, 6.45) is 2.02. The quantitative estimate of drug-likeness (QED) is 0.840. The number of hydrogen-bond donors (Lipinski definition) is 1. The van der Waals surface area contributed by atoms with Crippen LogP contribution in [0.3, 0.4) is 0 Å². The van der Waals surface area contributed by atoms with Gasteiger partial charge in [0.25, 0.3) is 5.91 Å². The monoisotopic (exact) mass is 315 g/mol. The molecule has 0 aliphatic carbocycles. The molecule has 22 heavy (non-hydrogen) atoms. The summed E-state index contributed by atoms with van der Waals surface area (Å²) in [5.74, 6) is 0.708. The Labute approximate surface area is 136 Å². The van der Waals surface area contributed by atoms with Gasteiger partial charge in [-0.1, -0.05) is 17.7 Å². The van der Waals surface area contributed by atoms with Crippen molar-refractivity contribution in [3.05, 3.63) is 59.2 Å². The Morgan fingerprint density at radius 1 is 1.18 bits per heavy atom. The largest absolute Gasteiger partial charge is 0.496 e. The number of carbonyl (C=O) groups excluding carboxylic acids is 1. The molecule has 0 spiro atoms. The lowest BCUT2D eigenvalue weighted by atomic mass is 10.0. The van der Waals surface area contributed by atoms with Crippen LogP contribution in [0.25, 0.3) is 0 Å². The highest BCUT2D eigenvalue weighted by molar-refractivity contribution is 7.98. The molecule has 2 rings (SSSR count). The van der Waals surface area contributed by atoms with Crippen LogP contribution in [0, 0.1) is 6.92 Å². The molecule has 4 heteroatoms. The number of nitrogens with one attached hydrogen (secondary N) is 1. The molecule has 0 aliphatic heterocycles. The highest BCUT2D eigenvalue weighted by Gasteiger charge is 2.15. The zero-order valence-corrected chi connectivity index (χ0v) is 14.2. The van der Waals surface area contributed by atoms with E-state index in [1.165, 1.54) is 0 Å². The summed E-state index contributed by atoms with van der Waals surface area (Å²) in [4.78, 5) is 13.5. The average Bonchev–Trinajstić information content (AvgIpc) is 2.54. The third-order valence-corrected chi connectivity index (χ3v) is 4.30. The second-order valence-electron chi connectivity index (χ2n) is 5.17. The zero-order chi connectivity index (χ0) is 16.1. The molecule has 116 valence electrons. The van der Waals surface area contributed by atoms with Crippen LogP contribution in [0.2, 0.25) is 0 Å². The molecule has 0 heterocycles. The number of rotatable bonds is 5. The molecule has 1 N–H and O–H groups in total. The van der Waals surface area contributed by atoms with Crippen LogP contribution in [-0.2, 0) is 0 Å². The average molecular weight is 315 g/mol. The van der Waals surface area contributed by atoms with Gasteiger partial charge in [0.1, 0.15) is 5.75 Å². The molecule has 2 aromatic rings. The molecule has 0 bridgehead atoms. The lowest BCUT2D eigenvalue weighted by Crippen LogP contribution is -2.27. The molecule has 2 aromatic carbocycles. The first kappa shape index (κ1) is 16.4. The van der Waals surface area contributed by atoms with Gasteiger partial charge in [-0.2, -0.15) is 0 Å². The maximum absolute atomic E-state index is 12.4. The second-order valence-corrected chi connectivity index (χ2v) is 6.05. The third kappa shape index (κ3) is 3.83. The number of thioether (sulfide) groups is 1. The summed E-state index contributed by atoms with van der Waals surface area (Å²) < 4.78 is 5.38. The number of carbonyl (C=O) groups is 1. The van der Waals surface area contributed by atoms with Crippen molar-refractivity contribution in [3.63, 3.8) is 0 Å². The highest BCUT2D eigenvalue weighted by atomic mass is 32.2. The third-order valence-electron chi connectivity index (χ3n) is 3.55. The number of benzene rings is 2. The Kier molecular flexibility index (Phi) is 5.50. The summed E-state index contributed by atoms with van der Waals surface area (Å²) in [6, 6.07) is 13.5. The number of ether oxygens (including phenoxy) is 1. The number of methoxy groups -OCH3 is 1. The van der Waals surface area contributed by atoms with Crippen LogP contribution in [0.4, 0.5) is 0 Å². The van der Waals surface area contributed by atoms with Crippen LogP contribution in [0.1, 0.15) is 34.5 Å². The van der Waals surface area contributed by atoms with Gasteiger partial charge in [0.15, 0.2) is 0 Å². The van der Waals surface area contributed by atoms with Crippen molar-refractivity contribution < 1.29 is 9.53 Å². The number of aryl methyl sites for hydroxylation is 1. The van der Waals surface area contributed by atoms with Crippen molar-refractivity contribution in [1.82, 2.24) is 5.32 Å². The Morgan fingerprint density at radius 3 is 2.45 bits per heavy atom. The summed E-state index contributed by atoms with van der Waals surface area (Å²) in [6.45, 7) is 3.99. The molecule has 0 saturated carbocycles. The minimum Gasteiger partial charge on any atom is -0.496 e. The van der Waals surface area contributed by atoms with Gasteiger partial charge in [0, 0.05) is 16.0 Å². The zero-order valence-electron chi connectivity index (χ0n) is 13.3. The van der Waals surface area contributed by atoms with Gasteiger partial charge in [0.2, 0.25) is 0 Å². The van der Waals surface area contributed by atoms with Gasteiger partial charge in [0.05, 0.1) is 13.2 Å². The lowest BCUT2D eigenvalue weighted by molar-refractivity contribution is 0.0939. The fourth-order valence-corrected chi connectivity index (χ4v) is 2.70. The van der Waals surface area contributed by atoms with Gasteiger partial charge in [-0.3, -0.25) is 4.79 Å². The van der Waals surface area contributed by atoms with Crippen molar-refractivity contribution in [1.29, 1.82) is 0 Å². The molecule has 0 fully saturated rings. The summed E-state index contributed by atoms with van der Waals surface area (Å²) in [5.41, 5.74) is 2.79. The second kappa shape index (κ2) is 7.36. The van der Waals surface area contributed by atoms with Crippen LogP contribution in [0.5, 0.6) is 5.75 Å². The summed E-state index contributed by atoms with van der Waals surface area (Å²) >= 11 is 1.66. The van der Waals surface area contributed by atoms with Crippen LogP contribution >= 0.6 is 11.8 Å². The van der Waals surface area contributed by atoms with Crippen molar-refractivity contribution in [3.8, 4) is 5.75 Å². The summed E-state index contributed by atoms with van der Waals surface area (Å²) in [5, 5.41) is 3.03. The van der Waals surface area contributed by atoms with Gasteiger partial charge in [-0.05, 0) is 50.4 Å². The first-order valence-corrected chi connectivity index (χ1v) is 8.37. The molecule has 0 aromatic heterocycles. The fourth-order valence-electron chi connectivity index (χ4n) is 2.29. The van der Waals surface area contributed by atoms with E-state index in [1.807, 2.05) is 62.6 Å². The van der Waals surface area contributed by atoms with Gasteiger partial charge in [-0.25, -0.2) is 0 Å².